The monoisotopic (exact) mass is 377 g/mol. The van der Waals surface area contributed by atoms with Crippen LogP contribution in [0.2, 0.25) is 0 Å². The first kappa shape index (κ1) is 16.9. The van der Waals surface area contributed by atoms with Gasteiger partial charge in [-0.3, -0.25) is 4.79 Å². The number of para-hydroxylation sites is 1. The van der Waals surface area contributed by atoms with Gasteiger partial charge in [-0.05, 0) is 25.0 Å². The largest absolute Gasteiger partial charge is 0.458 e. The summed E-state index contributed by atoms with van der Waals surface area (Å²) in [5.74, 6) is -0.778. The quantitative estimate of drug-likeness (QED) is 0.491. The average Bonchev–Trinajstić information content (AvgIpc) is 3.08. The fourth-order valence-electron chi connectivity index (χ4n) is 4.45. The molecular formula is C21H19N3O4. The van der Waals surface area contributed by atoms with Crippen molar-refractivity contribution in [3.63, 3.8) is 0 Å². The van der Waals surface area contributed by atoms with Gasteiger partial charge in [-0.15, -0.1) is 0 Å². The molecule has 7 nitrogen and oxygen atoms in total. The number of ether oxygens (including phenoxy) is 1. The molecule has 142 valence electrons. The number of hydrogen-bond acceptors (Lipinski definition) is 6. The van der Waals surface area contributed by atoms with E-state index in [-0.39, 0.29) is 35.4 Å². The van der Waals surface area contributed by atoms with Gasteiger partial charge < -0.3 is 20.1 Å². The van der Waals surface area contributed by atoms with Gasteiger partial charge in [0.2, 0.25) is 0 Å². The normalized spacial score (nSPS) is 19.9. The van der Waals surface area contributed by atoms with Gasteiger partial charge >= 0.3 is 5.97 Å². The van der Waals surface area contributed by atoms with E-state index in [1.54, 1.807) is 11.5 Å². The molecular weight excluding hydrogens is 358 g/mol. The zero-order valence-corrected chi connectivity index (χ0v) is 15.6. The summed E-state index contributed by atoms with van der Waals surface area (Å²) in [5, 5.41) is 12.0. The van der Waals surface area contributed by atoms with Crippen LogP contribution in [-0.4, -0.2) is 20.6 Å². The SMILES string of the molecule is CCC1(O)C(=O)OCc2c1c(N)c1n(c2=O)Cc2c-1nc1ccccc1c2C. The van der Waals surface area contributed by atoms with Crippen LogP contribution in [0.15, 0.2) is 29.1 Å². The molecule has 2 aliphatic heterocycles. The molecule has 0 spiro atoms. The fraction of sp³-hybridized carbons (Fsp3) is 0.286. The molecule has 0 amide bonds. The molecule has 3 aromatic rings. The van der Waals surface area contributed by atoms with E-state index in [4.69, 9.17) is 15.5 Å². The van der Waals surface area contributed by atoms with Gasteiger partial charge in [0.25, 0.3) is 5.56 Å². The number of aromatic nitrogens is 2. The van der Waals surface area contributed by atoms with Crippen molar-refractivity contribution in [2.24, 2.45) is 0 Å². The van der Waals surface area contributed by atoms with E-state index in [1.807, 2.05) is 31.2 Å². The highest BCUT2D eigenvalue weighted by molar-refractivity contribution is 5.93. The molecule has 0 bridgehead atoms. The second-order valence-corrected chi connectivity index (χ2v) is 7.38. The number of pyridine rings is 2. The highest BCUT2D eigenvalue weighted by Crippen LogP contribution is 2.44. The third-order valence-corrected chi connectivity index (χ3v) is 6.03. The lowest BCUT2D eigenvalue weighted by atomic mass is 9.84. The predicted molar refractivity (Wildman–Crippen MR) is 104 cm³/mol. The summed E-state index contributed by atoms with van der Waals surface area (Å²) in [7, 11) is 0. The van der Waals surface area contributed by atoms with Crippen molar-refractivity contribution < 1.29 is 14.6 Å². The maximum Gasteiger partial charge on any atom is 0.343 e. The molecule has 1 unspecified atom stereocenters. The standard InChI is InChI=1S/C21H19N3O4/c1-3-21(27)15-13(9-28-20(21)26)19(25)24-8-12-10(2)11-6-4-5-7-14(11)23-17(12)18(24)16(15)22/h4-7,27H,3,8-9,22H2,1-2H3. The smallest absolute Gasteiger partial charge is 0.343 e. The number of carbonyl (C=O) groups is 1. The van der Waals surface area contributed by atoms with E-state index in [1.165, 1.54) is 0 Å². The number of aliphatic hydroxyl groups is 1. The lowest BCUT2D eigenvalue weighted by molar-refractivity contribution is -0.172. The number of anilines is 1. The average molecular weight is 377 g/mol. The lowest BCUT2D eigenvalue weighted by Crippen LogP contribution is -2.45. The molecule has 7 heteroatoms. The Labute approximate surface area is 160 Å². The maximum atomic E-state index is 13.2. The molecule has 0 saturated carbocycles. The van der Waals surface area contributed by atoms with Crippen LogP contribution < -0.4 is 11.3 Å². The highest BCUT2D eigenvalue weighted by atomic mass is 16.6. The number of benzene rings is 1. The Kier molecular flexibility index (Phi) is 3.28. The van der Waals surface area contributed by atoms with Gasteiger partial charge in [-0.1, -0.05) is 25.1 Å². The summed E-state index contributed by atoms with van der Waals surface area (Å²) in [4.78, 5) is 30.3. The van der Waals surface area contributed by atoms with Gasteiger partial charge in [0.1, 0.15) is 6.61 Å². The maximum absolute atomic E-state index is 13.2. The molecule has 28 heavy (non-hydrogen) atoms. The molecule has 4 heterocycles. The first-order valence-electron chi connectivity index (χ1n) is 9.22. The van der Waals surface area contributed by atoms with Crippen molar-refractivity contribution in [3.05, 3.63) is 56.9 Å². The zero-order chi connectivity index (χ0) is 19.8. The van der Waals surface area contributed by atoms with Crippen molar-refractivity contribution >= 4 is 22.6 Å². The third kappa shape index (κ3) is 1.89. The van der Waals surface area contributed by atoms with Crippen molar-refractivity contribution in [1.29, 1.82) is 0 Å². The van der Waals surface area contributed by atoms with Crippen molar-refractivity contribution in [1.82, 2.24) is 9.55 Å². The number of esters is 1. The number of hydrogen-bond donors (Lipinski definition) is 2. The van der Waals surface area contributed by atoms with Gasteiger partial charge in [0.05, 0.1) is 34.7 Å². The lowest BCUT2D eigenvalue weighted by Gasteiger charge is -2.33. The van der Waals surface area contributed by atoms with E-state index in [0.717, 1.165) is 22.0 Å². The molecule has 0 radical (unpaired) electrons. The van der Waals surface area contributed by atoms with Gasteiger partial charge in [-0.2, -0.15) is 0 Å². The summed E-state index contributed by atoms with van der Waals surface area (Å²) in [6.45, 7) is 3.82. The molecule has 0 fully saturated rings. The second kappa shape index (κ2) is 5.42. The minimum atomic E-state index is -1.93. The molecule has 5 rings (SSSR count). The summed E-state index contributed by atoms with van der Waals surface area (Å²) in [6.07, 6.45) is 0.0585. The minimum absolute atomic E-state index is 0.0585. The number of nitrogen functional groups attached to an aromatic ring is 1. The second-order valence-electron chi connectivity index (χ2n) is 7.38. The molecule has 2 aliphatic rings. The van der Waals surface area contributed by atoms with Gasteiger partial charge in [-0.25, -0.2) is 9.78 Å². The molecule has 1 aromatic carbocycles. The Balaban J connectivity index is 1.90. The Morgan fingerprint density at radius 2 is 2.04 bits per heavy atom. The molecule has 0 saturated heterocycles. The Bertz CT molecular complexity index is 1260. The van der Waals surface area contributed by atoms with Crippen LogP contribution in [0.25, 0.3) is 22.3 Å². The van der Waals surface area contributed by atoms with Crippen LogP contribution >= 0.6 is 0 Å². The van der Waals surface area contributed by atoms with Crippen LogP contribution in [0.4, 0.5) is 5.69 Å². The minimum Gasteiger partial charge on any atom is -0.458 e. The van der Waals surface area contributed by atoms with Crippen LogP contribution in [0, 0.1) is 6.92 Å². The fourth-order valence-corrected chi connectivity index (χ4v) is 4.45. The molecule has 1 atom stereocenters. The van der Waals surface area contributed by atoms with Crippen LogP contribution in [-0.2, 0) is 28.3 Å². The number of carbonyl (C=O) groups excluding carboxylic acids is 1. The van der Waals surface area contributed by atoms with Crippen molar-refractivity contribution in [3.8, 4) is 11.4 Å². The number of rotatable bonds is 1. The molecule has 3 N–H and O–H groups in total. The van der Waals surface area contributed by atoms with E-state index in [2.05, 4.69) is 0 Å². The van der Waals surface area contributed by atoms with E-state index >= 15 is 0 Å². The molecule has 0 aliphatic carbocycles. The Hall–Kier alpha value is -3.19. The summed E-state index contributed by atoms with van der Waals surface area (Å²) < 4.78 is 6.67. The predicted octanol–water partition coefficient (Wildman–Crippen LogP) is 1.97. The number of fused-ring (bicyclic) bond motifs is 5. The zero-order valence-electron chi connectivity index (χ0n) is 15.6. The van der Waals surface area contributed by atoms with E-state index in [9.17, 15) is 14.7 Å². The van der Waals surface area contributed by atoms with Crippen LogP contribution in [0.3, 0.4) is 0 Å². The van der Waals surface area contributed by atoms with Crippen molar-refractivity contribution in [2.75, 3.05) is 5.73 Å². The number of cyclic esters (lactones) is 1. The molecule has 2 aromatic heterocycles. The van der Waals surface area contributed by atoms with Crippen LogP contribution in [0.1, 0.15) is 35.6 Å². The first-order valence-corrected chi connectivity index (χ1v) is 9.22. The van der Waals surface area contributed by atoms with Crippen molar-refractivity contribution in [2.45, 2.75) is 39.0 Å². The number of nitrogens with zero attached hydrogens (tertiary/aromatic N) is 2. The Morgan fingerprint density at radius 1 is 1.29 bits per heavy atom. The highest BCUT2D eigenvalue weighted by Gasteiger charge is 2.47. The summed E-state index contributed by atoms with van der Waals surface area (Å²) >= 11 is 0. The van der Waals surface area contributed by atoms with E-state index < -0.39 is 11.6 Å². The Morgan fingerprint density at radius 3 is 2.79 bits per heavy atom. The number of nitrogens with two attached hydrogens (primary N) is 1. The topological polar surface area (TPSA) is 107 Å². The van der Waals surface area contributed by atoms with Gasteiger partial charge in [0, 0.05) is 16.5 Å². The summed E-state index contributed by atoms with van der Waals surface area (Å²) in [6, 6.07) is 7.78. The summed E-state index contributed by atoms with van der Waals surface area (Å²) in [5.41, 5.74) is 8.74. The first-order chi connectivity index (χ1) is 13.4. The number of aryl methyl sites for hydroxylation is 1. The van der Waals surface area contributed by atoms with Crippen LogP contribution in [0.5, 0.6) is 0 Å². The third-order valence-electron chi connectivity index (χ3n) is 6.03. The van der Waals surface area contributed by atoms with Gasteiger partial charge in [0.15, 0.2) is 5.60 Å². The van der Waals surface area contributed by atoms with E-state index in [0.29, 0.717) is 17.9 Å².